The highest BCUT2D eigenvalue weighted by atomic mass is 32.1. The number of amides is 2. The molecule has 8 heteroatoms. The number of fused-ring (bicyclic) bond motifs is 3. The molecule has 3 aromatic rings. The molecular formula is C29H30N2O5S. The number of rotatable bonds is 10. The molecule has 0 fully saturated rings. The zero-order chi connectivity index (χ0) is 26.2. The highest BCUT2D eigenvalue weighted by Crippen LogP contribution is 2.44. The topological polar surface area (TPSA) is 93.7 Å². The van der Waals surface area contributed by atoms with Crippen LogP contribution in [0.3, 0.4) is 0 Å². The molecule has 0 saturated carbocycles. The zero-order valence-electron chi connectivity index (χ0n) is 20.6. The molecule has 0 bridgehead atoms. The molecule has 2 N–H and O–H groups in total. The largest absolute Gasteiger partial charge is 0.464 e. The van der Waals surface area contributed by atoms with E-state index in [0.29, 0.717) is 0 Å². The van der Waals surface area contributed by atoms with Crippen LogP contribution in [0.4, 0.5) is 4.79 Å². The monoisotopic (exact) mass is 518 g/mol. The molecule has 0 aromatic heterocycles. The van der Waals surface area contributed by atoms with Crippen LogP contribution in [-0.2, 0) is 25.5 Å². The Balaban J connectivity index is 1.45. The van der Waals surface area contributed by atoms with Crippen molar-refractivity contribution >= 4 is 30.6 Å². The normalized spacial score (nSPS) is 13.6. The van der Waals surface area contributed by atoms with E-state index in [1.54, 1.807) is 6.92 Å². The summed E-state index contributed by atoms with van der Waals surface area (Å²) >= 11 is 4.16. The van der Waals surface area contributed by atoms with Crippen molar-refractivity contribution in [3.63, 3.8) is 0 Å². The number of hydrogen-bond acceptors (Lipinski definition) is 6. The summed E-state index contributed by atoms with van der Waals surface area (Å²) in [5.74, 6) is -1.14. The maximum Gasteiger partial charge on any atom is 0.407 e. The van der Waals surface area contributed by atoms with Crippen molar-refractivity contribution in [3.05, 3.63) is 95.6 Å². The lowest BCUT2D eigenvalue weighted by Gasteiger charge is -2.22. The lowest BCUT2D eigenvalue weighted by Crippen LogP contribution is -2.53. The van der Waals surface area contributed by atoms with Crippen LogP contribution in [0.15, 0.2) is 78.9 Å². The third kappa shape index (κ3) is 6.32. The van der Waals surface area contributed by atoms with Gasteiger partial charge in [0.05, 0.1) is 6.61 Å². The quantitative estimate of drug-likeness (QED) is 0.277. The van der Waals surface area contributed by atoms with Gasteiger partial charge < -0.3 is 20.1 Å². The van der Waals surface area contributed by atoms with Gasteiger partial charge in [-0.3, -0.25) is 4.79 Å². The van der Waals surface area contributed by atoms with Gasteiger partial charge in [0.25, 0.3) is 0 Å². The first-order valence-corrected chi connectivity index (χ1v) is 12.9. The van der Waals surface area contributed by atoms with Gasteiger partial charge in [0.1, 0.15) is 18.7 Å². The van der Waals surface area contributed by atoms with Gasteiger partial charge in [0.15, 0.2) is 0 Å². The fourth-order valence-corrected chi connectivity index (χ4v) is 4.78. The predicted octanol–water partition coefficient (Wildman–Crippen LogP) is 4.11. The average Bonchev–Trinajstić information content (AvgIpc) is 3.24. The molecule has 7 nitrogen and oxygen atoms in total. The Morgan fingerprint density at radius 2 is 1.41 bits per heavy atom. The number of benzene rings is 3. The Morgan fingerprint density at radius 1 is 0.811 bits per heavy atom. The lowest BCUT2D eigenvalue weighted by atomic mass is 9.98. The van der Waals surface area contributed by atoms with Gasteiger partial charge in [0, 0.05) is 18.1 Å². The minimum Gasteiger partial charge on any atom is -0.464 e. The third-order valence-electron chi connectivity index (χ3n) is 6.31. The highest BCUT2D eigenvalue weighted by molar-refractivity contribution is 7.80. The first-order valence-electron chi connectivity index (χ1n) is 12.2. The first-order chi connectivity index (χ1) is 18.0. The number of carbonyl (C=O) groups is 3. The van der Waals surface area contributed by atoms with Gasteiger partial charge in [-0.2, -0.15) is 12.6 Å². The molecular weight excluding hydrogens is 488 g/mol. The van der Waals surface area contributed by atoms with Crippen molar-refractivity contribution in [2.24, 2.45) is 0 Å². The van der Waals surface area contributed by atoms with Crippen molar-refractivity contribution in [1.29, 1.82) is 0 Å². The summed E-state index contributed by atoms with van der Waals surface area (Å²) < 4.78 is 10.7. The summed E-state index contributed by atoms with van der Waals surface area (Å²) in [7, 11) is 0. The molecule has 0 aliphatic heterocycles. The first kappa shape index (κ1) is 26.3. The fraction of sp³-hybridized carbons (Fsp3) is 0.276. The van der Waals surface area contributed by atoms with Crippen molar-refractivity contribution in [2.45, 2.75) is 31.3 Å². The second kappa shape index (κ2) is 12.5. The molecule has 0 heterocycles. The molecule has 192 valence electrons. The fourth-order valence-electron chi connectivity index (χ4n) is 4.54. The SMILES string of the molecule is CCOC(=O)C(CS)NC(=O)[C@H](Cc1ccccc1)NC(=O)OCC1c2ccccc2-c2ccccc21. The van der Waals surface area contributed by atoms with Gasteiger partial charge >= 0.3 is 12.1 Å². The van der Waals surface area contributed by atoms with Gasteiger partial charge in [-0.1, -0.05) is 78.9 Å². The molecule has 0 spiro atoms. The third-order valence-corrected chi connectivity index (χ3v) is 6.67. The minimum atomic E-state index is -0.963. The van der Waals surface area contributed by atoms with E-state index in [9.17, 15) is 14.4 Å². The Morgan fingerprint density at radius 3 is 2.00 bits per heavy atom. The summed E-state index contributed by atoms with van der Waals surface area (Å²) in [5.41, 5.74) is 5.30. The number of hydrogen-bond donors (Lipinski definition) is 3. The molecule has 1 unspecified atom stereocenters. The number of carbonyl (C=O) groups excluding carboxylic acids is 3. The van der Waals surface area contributed by atoms with E-state index in [0.717, 1.165) is 27.8 Å². The molecule has 4 rings (SSSR count). The van der Waals surface area contributed by atoms with Crippen molar-refractivity contribution < 1.29 is 23.9 Å². The van der Waals surface area contributed by atoms with E-state index in [1.165, 1.54) is 0 Å². The number of esters is 1. The van der Waals surface area contributed by atoms with Crippen LogP contribution in [0.1, 0.15) is 29.5 Å². The molecule has 1 aliphatic carbocycles. The van der Waals surface area contributed by atoms with Crippen molar-refractivity contribution in [3.8, 4) is 11.1 Å². The maximum absolute atomic E-state index is 13.1. The minimum absolute atomic E-state index is 0.0631. The molecule has 3 aromatic carbocycles. The van der Waals surface area contributed by atoms with E-state index in [4.69, 9.17) is 9.47 Å². The van der Waals surface area contributed by atoms with Gasteiger partial charge in [0.2, 0.25) is 5.91 Å². The molecule has 0 saturated heterocycles. The smallest absolute Gasteiger partial charge is 0.407 e. The summed E-state index contributed by atoms with van der Waals surface area (Å²) in [5, 5.41) is 5.33. The summed E-state index contributed by atoms with van der Waals surface area (Å²) in [4.78, 5) is 38.2. The highest BCUT2D eigenvalue weighted by Gasteiger charge is 2.31. The van der Waals surface area contributed by atoms with Crippen LogP contribution in [0.5, 0.6) is 0 Å². The zero-order valence-corrected chi connectivity index (χ0v) is 21.4. The molecule has 0 radical (unpaired) electrons. The van der Waals surface area contributed by atoms with Crippen LogP contribution < -0.4 is 10.6 Å². The second-order valence-corrected chi connectivity index (χ2v) is 9.07. The Bertz CT molecular complexity index is 1200. The van der Waals surface area contributed by atoms with E-state index in [1.807, 2.05) is 66.7 Å². The van der Waals surface area contributed by atoms with Crippen LogP contribution in [0, 0.1) is 0 Å². The van der Waals surface area contributed by atoms with Crippen molar-refractivity contribution in [2.75, 3.05) is 19.0 Å². The van der Waals surface area contributed by atoms with E-state index >= 15 is 0 Å². The lowest BCUT2D eigenvalue weighted by molar-refractivity contribution is -0.146. The van der Waals surface area contributed by atoms with E-state index in [2.05, 4.69) is 35.4 Å². The van der Waals surface area contributed by atoms with Crippen LogP contribution in [0.25, 0.3) is 11.1 Å². The Hall–Kier alpha value is -3.78. The molecule has 1 aliphatic rings. The van der Waals surface area contributed by atoms with Gasteiger partial charge in [-0.05, 0) is 34.7 Å². The number of thiol groups is 1. The molecule has 2 amide bonds. The predicted molar refractivity (Wildman–Crippen MR) is 145 cm³/mol. The Kier molecular flexibility index (Phi) is 8.85. The molecule has 37 heavy (non-hydrogen) atoms. The van der Waals surface area contributed by atoms with Crippen LogP contribution in [-0.4, -0.2) is 49.0 Å². The van der Waals surface area contributed by atoms with Gasteiger partial charge in [-0.15, -0.1) is 0 Å². The van der Waals surface area contributed by atoms with Gasteiger partial charge in [-0.25, -0.2) is 9.59 Å². The average molecular weight is 519 g/mol. The second-order valence-electron chi connectivity index (χ2n) is 8.71. The number of ether oxygens (including phenoxy) is 2. The van der Waals surface area contributed by atoms with Crippen LogP contribution >= 0.6 is 12.6 Å². The number of alkyl carbamates (subject to hydrolysis) is 1. The molecule has 2 atom stereocenters. The Labute approximate surface area is 222 Å². The summed E-state index contributed by atoms with van der Waals surface area (Å²) in [6.07, 6.45) is -0.490. The van der Waals surface area contributed by atoms with E-state index in [-0.39, 0.29) is 31.3 Å². The summed E-state index contributed by atoms with van der Waals surface area (Å²) in [6, 6.07) is 23.6. The van der Waals surface area contributed by atoms with Crippen LogP contribution in [0.2, 0.25) is 0 Å². The van der Waals surface area contributed by atoms with Crippen molar-refractivity contribution in [1.82, 2.24) is 10.6 Å². The van der Waals surface area contributed by atoms with E-state index < -0.39 is 30.1 Å². The summed E-state index contributed by atoms with van der Waals surface area (Å²) in [6.45, 7) is 2.00. The standard InChI is InChI=1S/C29H30N2O5S/c1-2-35-28(33)26(18-37)30-27(32)25(16-19-10-4-3-5-11-19)31-29(34)36-17-24-22-14-8-6-12-20(22)21-13-7-9-15-23(21)24/h3-15,24-26,37H,2,16-18H2,1H3,(H,30,32)(H,31,34)/t25-,26?/m0/s1. The number of nitrogens with one attached hydrogen (secondary N) is 2. The maximum atomic E-state index is 13.1.